The molecule has 0 aliphatic carbocycles. The Morgan fingerprint density at radius 3 is 2.58 bits per heavy atom. The van der Waals surface area contributed by atoms with Crippen molar-refractivity contribution in [3.63, 3.8) is 0 Å². The van der Waals surface area contributed by atoms with Gasteiger partial charge in [0.25, 0.3) is 0 Å². The summed E-state index contributed by atoms with van der Waals surface area (Å²) in [7, 11) is 4.35. The predicted molar refractivity (Wildman–Crippen MR) is 100 cm³/mol. The first kappa shape index (κ1) is 17.4. The van der Waals surface area contributed by atoms with Crippen molar-refractivity contribution in [1.29, 1.82) is 0 Å². The summed E-state index contributed by atoms with van der Waals surface area (Å²) in [5.74, 6) is 0.914. The Kier molecular flexibility index (Phi) is 6.24. The van der Waals surface area contributed by atoms with E-state index in [-0.39, 0.29) is 0 Å². The third-order valence-corrected chi connectivity index (χ3v) is 5.46. The molecule has 128 valence electrons. The molecule has 1 fully saturated rings. The number of piperidine rings is 1. The lowest BCUT2D eigenvalue weighted by molar-refractivity contribution is 0.127. The minimum Gasteiger partial charge on any atom is -0.305 e. The summed E-state index contributed by atoms with van der Waals surface area (Å²) in [4.78, 5) is 13.9. The molecule has 1 aromatic carbocycles. The lowest BCUT2D eigenvalue weighted by Gasteiger charge is -2.36. The van der Waals surface area contributed by atoms with Crippen LogP contribution >= 0.6 is 11.8 Å². The average molecular weight is 343 g/mol. The van der Waals surface area contributed by atoms with E-state index in [1.807, 2.05) is 18.5 Å². The molecule has 1 saturated heterocycles. The van der Waals surface area contributed by atoms with E-state index in [0.717, 1.165) is 24.0 Å². The smallest absolute Gasteiger partial charge is 0.187 e. The summed E-state index contributed by atoms with van der Waals surface area (Å²) in [5, 5.41) is 0.854. The number of benzene rings is 1. The summed E-state index contributed by atoms with van der Waals surface area (Å²) in [6.07, 6.45) is 6.54. The highest BCUT2D eigenvalue weighted by atomic mass is 32.2. The van der Waals surface area contributed by atoms with Crippen LogP contribution in [0.4, 0.5) is 0 Å². The zero-order valence-electron chi connectivity index (χ0n) is 14.6. The van der Waals surface area contributed by atoms with Crippen LogP contribution in [0.2, 0.25) is 0 Å². The van der Waals surface area contributed by atoms with Crippen LogP contribution in [0.3, 0.4) is 0 Å². The predicted octanol–water partition coefficient (Wildman–Crippen LogP) is 3.29. The fourth-order valence-electron chi connectivity index (χ4n) is 3.08. The molecule has 1 aromatic heterocycles. The van der Waals surface area contributed by atoms with Gasteiger partial charge in [-0.1, -0.05) is 42.1 Å². The molecule has 2 heterocycles. The topological polar surface area (TPSA) is 32.3 Å². The van der Waals surface area contributed by atoms with Gasteiger partial charge in [0, 0.05) is 42.8 Å². The van der Waals surface area contributed by atoms with Crippen LogP contribution in [0, 0.1) is 0 Å². The molecule has 1 aliphatic rings. The van der Waals surface area contributed by atoms with Gasteiger partial charge < -0.3 is 4.90 Å². The van der Waals surface area contributed by atoms with Gasteiger partial charge in [-0.2, -0.15) is 0 Å². The van der Waals surface area contributed by atoms with Crippen LogP contribution in [0.5, 0.6) is 0 Å². The van der Waals surface area contributed by atoms with Crippen molar-refractivity contribution in [2.75, 3.05) is 27.2 Å². The summed E-state index contributed by atoms with van der Waals surface area (Å²) < 4.78 is 0. The first-order valence-corrected chi connectivity index (χ1v) is 9.55. The van der Waals surface area contributed by atoms with Gasteiger partial charge >= 0.3 is 0 Å². The van der Waals surface area contributed by atoms with E-state index in [9.17, 15) is 0 Å². The molecule has 0 saturated carbocycles. The lowest BCUT2D eigenvalue weighted by Crippen LogP contribution is -2.44. The highest BCUT2D eigenvalue weighted by Gasteiger charge is 2.21. The molecule has 0 N–H and O–H groups in total. The molecule has 0 bridgehead atoms. The highest BCUT2D eigenvalue weighted by molar-refractivity contribution is 7.98. The summed E-state index contributed by atoms with van der Waals surface area (Å²) >= 11 is 1.69. The van der Waals surface area contributed by atoms with Crippen molar-refractivity contribution in [2.45, 2.75) is 36.3 Å². The van der Waals surface area contributed by atoms with Gasteiger partial charge in [0.15, 0.2) is 5.16 Å². The molecular weight excluding hydrogens is 316 g/mol. The summed E-state index contributed by atoms with van der Waals surface area (Å²) in [5.41, 5.74) is 2.51. The molecule has 5 heteroatoms. The van der Waals surface area contributed by atoms with Crippen LogP contribution in [0.1, 0.15) is 24.0 Å². The molecule has 0 amide bonds. The van der Waals surface area contributed by atoms with Gasteiger partial charge in [-0.3, -0.25) is 4.90 Å². The zero-order chi connectivity index (χ0) is 16.8. The first-order chi connectivity index (χ1) is 11.7. The van der Waals surface area contributed by atoms with E-state index in [0.29, 0.717) is 6.04 Å². The molecule has 0 radical (unpaired) electrons. The second-order valence-corrected chi connectivity index (χ2v) is 7.59. The Morgan fingerprint density at radius 1 is 1.12 bits per heavy atom. The molecule has 2 aromatic rings. The van der Waals surface area contributed by atoms with Crippen LogP contribution in [-0.4, -0.2) is 53.0 Å². The van der Waals surface area contributed by atoms with E-state index >= 15 is 0 Å². The molecule has 4 nitrogen and oxygen atoms in total. The Morgan fingerprint density at radius 2 is 1.88 bits per heavy atom. The Hall–Kier alpha value is -1.43. The molecule has 1 atom stereocenters. The first-order valence-electron chi connectivity index (χ1n) is 8.57. The Balaban J connectivity index is 1.51. The number of rotatable bonds is 6. The van der Waals surface area contributed by atoms with Gasteiger partial charge in [-0.25, -0.2) is 9.97 Å². The van der Waals surface area contributed by atoms with Gasteiger partial charge in [0.2, 0.25) is 0 Å². The van der Waals surface area contributed by atoms with Crippen LogP contribution in [0.25, 0.3) is 0 Å². The van der Waals surface area contributed by atoms with Crippen molar-refractivity contribution in [3.05, 3.63) is 53.9 Å². The maximum absolute atomic E-state index is 4.53. The molecule has 1 aliphatic heterocycles. The highest BCUT2D eigenvalue weighted by Crippen LogP contribution is 2.20. The number of aromatic nitrogens is 2. The second-order valence-electron chi connectivity index (χ2n) is 6.64. The summed E-state index contributed by atoms with van der Waals surface area (Å²) in [6, 6.07) is 11.1. The van der Waals surface area contributed by atoms with Gasteiger partial charge in [0.1, 0.15) is 0 Å². The number of likely N-dealkylation sites (tertiary alicyclic amines) is 1. The standard InChI is InChI=1S/C19H26N4S/c1-22(2)18-9-6-10-23(14-18)13-17-11-20-19(21-12-17)24-15-16-7-4-3-5-8-16/h3-5,7-8,11-12,18H,6,9-10,13-15H2,1-2H3. The molecular formula is C19H26N4S. The summed E-state index contributed by atoms with van der Waals surface area (Å²) in [6.45, 7) is 3.26. The maximum Gasteiger partial charge on any atom is 0.187 e. The van der Waals surface area contributed by atoms with Crippen LogP contribution < -0.4 is 0 Å². The number of hydrogen-bond donors (Lipinski definition) is 0. The van der Waals surface area contributed by atoms with Crippen LogP contribution in [-0.2, 0) is 12.3 Å². The largest absolute Gasteiger partial charge is 0.305 e. The van der Waals surface area contributed by atoms with Gasteiger partial charge in [0.05, 0.1) is 0 Å². The zero-order valence-corrected chi connectivity index (χ0v) is 15.4. The van der Waals surface area contributed by atoms with E-state index in [1.165, 1.54) is 30.5 Å². The van der Waals surface area contributed by atoms with Crippen molar-refractivity contribution in [1.82, 2.24) is 19.8 Å². The quantitative estimate of drug-likeness (QED) is 0.594. The monoisotopic (exact) mass is 342 g/mol. The number of thioether (sulfide) groups is 1. The van der Waals surface area contributed by atoms with Crippen molar-refractivity contribution in [2.24, 2.45) is 0 Å². The average Bonchev–Trinajstić information content (AvgIpc) is 2.62. The fourth-order valence-corrected chi connectivity index (χ4v) is 3.82. The Labute approximate surface area is 149 Å². The van der Waals surface area contributed by atoms with Crippen molar-refractivity contribution < 1.29 is 0 Å². The minimum atomic E-state index is 0.667. The van der Waals surface area contributed by atoms with Gasteiger partial charge in [-0.15, -0.1) is 0 Å². The number of nitrogens with zero attached hydrogens (tertiary/aromatic N) is 4. The second kappa shape index (κ2) is 8.60. The Bertz CT molecular complexity index is 615. The maximum atomic E-state index is 4.53. The number of likely N-dealkylation sites (N-methyl/N-ethyl adjacent to an activating group) is 1. The number of hydrogen-bond acceptors (Lipinski definition) is 5. The SMILES string of the molecule is CN(C)C1CCCN(Cc2cnc(SCc3ccccc3)nc2)C1. The van der Waals surface area contributed by atoms with Crippen molar-refractivity contribution >= 4 is 11.8 Å². The third-order valence-electron chi connectivity index (χ3n) is 4.51. The fraction of sp³-hybridized carbons (Fsp3) is 0.474. The molecule has 0 spiro atoms. The minimum absolute atomic E-state index is 0.667. The van der Waals surface area contributed by atoms with E-state index in [2.05, 4.69) is 58.1 Å². The van der Waals surface area contributed by atoms with Gasteiger partial charge in [-0.05, 0) is 39.0 Å². The van der Waals surface area contributed by atoms with E-state index in [4.69, 9.17) is 0 Å². The molecule has 3 rings (SSSR count). The third kappa shape index (κ3) is 5.03. The van der Waals surface area contributed by atoms with Crippen molar-refractivity contribution in [3.8, 4) is 0 Å². The molecule has 24 heavy (non-hydrogen) atoms. The van der Waals surface area contributed by atoms with Crippen LogP contribution in [0.15, 0.2) is 47.9 Å². The molecule has 1 unspecified atom stereocenters. The van der Waals surface area contributed by atoms with E-state index < -0.39 is 0 Å². The lowest BCUT2D eigenvalue weighted by atomic mass is 10.0. The normalized spacial score (nSPS) is 18.9. The van der Waals surface area contributed by atoms with E-state index in [1.54, 1.807) is 11.8 Å².